The van der Waals surface area contributed by atoms with Gasteiger partial charge in [0.25, 0.3) is 0 Å². The summed E-state index contributed by atoms with van der Waals surface area (Å²) in [5, 5.41) is 3.21. The predicted molar refractivity (Wildman–Crippen MR) is 84.8 cm³/mol. The Morgan fingerprint density at radius 3 is 2.67 bits per heavy atom. The van der Waals surface area contributed by atoms with Gasteiger partial charge in [-0.25, -0.2) is 0 Å². The zero-order chi connectivity index (χ0) is 13.5. The van der Waals surface area contributed by atoms with Gasteiger partial charge in [0.1, 0.15) is 0 Å². The van der Waals surface area contributed by atoms with Gasteiger partial charge in [-0.2, -0.15) is 11.8 Å². The van der Waals surface area contributed by atoms with E-state index in [1.807, 2.05) is 18.8 Å². The van der Waals surface area contributed by atoms with Crippen molar-refractivity contribution in [3.63, 3.8) is 0 Å². The van der Waals surface area contributed by atoms with Gasteiger partial charge in [-0.3, -0.25) is 0 Å². The number of aryl methyl sites for hydroxylation is 1. The van der Waals surface area contributed by atoms with Crippen LogP contribution in [0.1, 0.15) is 24.5 Å². The van der Waals surface area contributed by atoms with Crippen LogP contribution in [0.2, 0.25) is 0 Å². The zero-order valence-corrected chi connectivity index (χ0v) is 13.1. The highest BCUT2D eigenvalue weighted by atomic mass is 32.2. The van der Waals surface area contributed by atoms with Crippen molar-refractivity contribution in [2.24, 2.45) is 0 Å². The second-order valence-corrected chi connectivity index (χ2v) is 5.87. The van der Waals surface area contributed by atoms with Crippen LogP contribution in [0, 0.1) is 6.92 Å². The lowest BCUT2D eigenvalue weighted by Crippen LogP contribution is -2.29. The highest BCUT2D eigenvalue weighted by molar-refractivity contribution is 7.98. The third-order valence-corrected chi connectivity index (χ3v) is 4.15. The van der Waals surface area contributed by atoms with E-state index in [0.717, 1.165) is 6.54 Å². The zero-order valence-electron chi connectivity index (χ0n) is 12.3. The van der Waals surface area contributed by atoms with Crippen LogP contribution in [0.5, 0.6) is 0 Å². The predicted octanol–water partition coefficient (Wildman–Crippen LogP) is 3.29. The van der Waals surface area contributed by atoms with E-state index in [9.17, 15) is 0 Å². The largest absolute Gasteiger partial charge is 0.372 e. The van der Waals surface area contributed by atoms with Crippen LogP contribution in [-0.2, 0) is 6.54 Å². The van der Waals surface area contributed by atoms with E-state index in [1.54, 1.807) is 0 Å². The first-order valence-corrected chi connectivity index (χ1v) is 7.95. The van der Waals surface area contributed by atoms with Gasteiger partial charge >= 0.3 is 0 Å². The average molecular weight is 266 g/mol. The number of anilines is 1. The van der Waals surface area contributed by atoms with Crippen molar-refractivity contribution in [2.45, 2.75) is 32.9 Å². The monoisotopic (exact) mass is 266 g/mol. The molecule has 1 N–H and O–H groups in total. The van der Waals surface area contributed by atoms with Crippen molar-refractivity contribution in [3.05, 3.63) is 29.3 Å². The summed E-state index contributed by atoms with van der Waals surface area (Å²) in [5.41, 5.74) is 4.07. The van der Waals surface area contributed by atoms with Gasteiger partial charge in [0.15, 0.2) is 0 Å². The van der Waals surface area contributed by atoms with Crippen LogP contribution < -0.4 is 10.2 Å². The molecule has 0 radical (unpaired) electrons. The minimum absolute atomic E-state index is 0.590. The molecule has 2 nitrogen and oxygen atoms in total. The minimum atomic E-state index is 0.590. The maximum absolute atomic E-state index is 3.21. The van der Waals surface area contributed by atoms with Crippen LogP contribution in [-0.4, -0.2) is 32.1 Å². The number of thioether (sulfide) groups is 1. The van der Waals surface area contributed by atoms with E-state index in [2.05, 4.69) is 55.6 Å². The quantitative estimate of drug-likeness (QED) is 0.815. The molecule has 0 amide bonds. The molecule has 0 bridgehead atoms. The maximum atomic E-state index is 3.21. The molecule has 0 heterocycles. The number of benzene rings is 1. The van der Waals surface area contributed by atoms with E-state index < -0.39 is 0 Å². The molecule has 0 saturated carbocycles. The third-order valence-electron chi connectivity index (χ3n) is 3.50. The van der Waals surface area contributed by atoms with E-state index in [-0.39, 0.29) is 0 Å². The molecule has 1 aromatic rings. The topological polar surface area (TPSA) is 15.3 Å². The van der Waals surface area contributed by atoms with Crippen molar-refractivity contribution in [1.82, 2.24) is 5.32 Å². The Bertz CT molecular complexity index is 366. The van der Waals surface area contributed by atoms with E-state index in [1.165, 1.54) is 29.0 Å². The van der Waals surface area contributed by atoms with Gasteiger partial charge in [0.2, 0.25) is 0 Å². The van der Waals surface area contributed by atoms with Crippen LogP contribution >= 0.6 is 11.8 Å². The molecule has 102 valence electrons. The second kappa shape index (κ2) is 7.70. The normalized spacial score (nSPS) is 12.5. The van der Waals surface area contributed by atoms with Crippen molar-refractivity contribution < 1.29 is 0 Å². The van der Waals surface area contributed by atoms with E-state index in [4.69, 9.17) is 0 Å². The summed E-state index contributed by atoms with van der Waals surface area (Å²) in [6.07, 6.45) is 3.40. The summed E-state index contributed by atoms with van der Waals surface area (Å²) in [6, 6.07) is 7.35. The van der Waals surface area contributed by atoms with Crippen molar-refractivity contribution in [2.75, 3.05) is 31.0 Å². The van der Waals surface area contributed by atoms with Crippen LogP contribution in [0.4, 0.5) is 5.69 Å². The van der Waals surface area contributed by atoms with Gasteiger partial charge in [-0.05, 0) is 62.6 Å². The molecule has 0 spiro atoms. The smallest absolute Gasteiger partial charge is 0.0368 e. The van der Waals surface area contributed by atoms with Crippen LogP contribution in [0.25, 0.3) is 0 Å². The standard InChI is InChI=1S/C15H26N2S/c1-12-10-15(7-6-14(12)11-16-3)17(4)13(2)8-9-18-5/h6-7,10,13,16H,8-9,11H2,1-5H3. The first-order chi connectivity index (χ1) is 8.60. The number of nitrogens with zero attached hydrogens (tertiary/aromatic N) is 1. The molecule has 0 fully saturated rings. The Balaban J connectivity index is 2.74. The molecule has 0 aliphatic rings. The Kier molecular flexibility index (Phi) is 6.58. The molecule has 18 heavy (non-hydrogen) atoms. The van der Waals surface area contributed by atoms with Gasteiger partial charge < -0.3 is 10.2 Å². The Morgan fingerprint density at radius 1 is 1.39 bits per heavy atom. The SMILES string of the molecule is CNCc1ccc(N(C)C(C)CCSC)cc1C. The van der Waals surface area contributed by atoms with E-state index >= 15 is 0 Å². The number of hydrogen-bond donors (Lipinski definition) is 1. The first kappa shape index (κ1) is 15.4. The van der Waals surface area contributed by atoms with Gasteiger partial charge in [-0.1, -0.05) is 6.07 Å². The van der Waals surface area contributed by atoms with Crippen LogP contribution in [0.3, 0.4) is 0 Å². The fourth-order valence-electron chi connectivity index (χ4n) is 2.02. The summed E-state index contributed by atoms with van der Waals surface area (Å²) in [4.78, 5) is 2.38. The molecule has 1 atom stereocenters. The molecular formula is C15H26N2S. The number of nitrogens with one attached hydrogen (secondary N) is 1. The molecule has 1 aromatic carbocycles. The summed E-state index contributed by atoms with van der Waals surface area (Å²) >= 11 is 1.92. The minimum Gasteiger partial charge on any atom is -0.372 e. The molecule has 0 aliphatic carbocycles. The first-order valence-electron chi connectivity index (χ1n) is 6.56. The fraction of sp³-hybridized carbons (Fsp3) is 0.600. The lowest BCUT2D eigenvalue weighted by Gasteiger charge is -2.27. The number of rotatable bonds is 7. The Labute approximate surface area is 116 Å². The lowest BCUT2D eigenvalue weighted by molar-refractivity contribution is 0.669. The second-order valence-electron chi connectivity index (χ2n) is 4.88. The molecule has 0 aliphatic heterocycles. The van der Waals surface area contributed by atoms with Crippen LogP contribution in [0.15, 0.2) is 18.2 Å². The molecule has 0 aromatic heterocycles. The molecule has 0 saturated heterocycles. The Morgan fingerprint density at radius 2 is 2.11 bits per heavy atom. The van der Waals surface area contributed by atoms with Gasteiger partial charge in [0.05, 0.1) is 0 Å². The maximum Gasteiger partial charge on any atom is 0.0368 e. The summed E-state index contributed by atoms with van der Waals surface area (Å²) < 4.78 is 0. The molecule has 3 heteroatoms. The van der Waals surface area contributed by atoms with E-state index in [0.29, 0.717) is 6.04 Å². The van der Waals surface area contributed by atoms with Crippen molar-refractivity contribution in [1.29, 1.82) is 0 Å². The summed E-state index contributed by atoms with van der Waals surface area (Å²) in [6.45, 7) is 5.43. The summed E-state index contributed by atoms with van der Waals surface area (Å²) in [5.74, 6) is 1.22. The number of hydrogen-bond acceptors (Lipinski definition) is 3. The molecule has 1 rings (SSSR count). The molecular weight excluding hydrogens is 240 g/mol. The third kappa shape index (κ3) is 4.21. The lowest BCUT2D eigenvalue weighted by atomic mass is 10.1. The van der Waals surface area contributed by atoms with Gasteiger partial charge in [0, 0.05) is 25.3 Å². The fourth-order valence-corrected chi connectivity index (χ4v) is 2.60. The highest BCUT2D eigenvalue weighted by Crippen LogP contribution is 2.21. The molecule has 1 unspecified atom stereocenters. The highest BCUT2D eigenvalue weighted by Gasteiger charge is 2.10. The van der Waals surface area contributed by atoms with Crippen molar-refractivity contribution >= 4 is 17.4 Å². The summed E-state index contributed by atoms with van der Waals surface area (Å²) in [7, 11) is 4.18. The Hall–Kier alpha value is -0.670. The van der Waals surface area contributed by atoms with Crippen molar-refractivity contribution in [3.8, 4) is 0 Å². The van der Waals surface area contributed by atoms with Gasteiger partial charge in [-0.15, -0.1) is 0 Å². The average Bonchev–Trinajstić information content (AvgIpc) is 2.37.